The maximum absolute atomic E-state index is 12.2. The summed E-state index contributed by atoms with van der Waals surface area (Å²) >= 11 is 6.05. The van der Waals surface area contributed by atoms with E-state index in [-0.39, 0.29) is 17.4 Å². The van der Waals surface area contributed by atoms with Crippen molar-refractivity contribution in [2.75, 3.05) is 0 Å². The highest BCUT2D eigenvalue weighted by atomic mass is 35.5. The molecule has 1 aliphatic rings. The van der Waals surface area contributed by atoms with Gasteiger partial charge in [0.05, 0.1) is 21.8 Å². The lowest BCUT2D eigenvalue weighted by Gasteiger charge is -2.08. The summed E-state index contributed by atoms with van der Waals surface area (Å²) in [4.78, 5) is 32.7. The monoisotopic (exact) mass is 404 g/mol. The number of nitriles is 1. The number of H-pyrrole nitrogens is 2. The van der Waals surface area contributed by atoms with E-state index in [0.717, 1.165) is 23.2 Å². The molecule has 5 rings (SSSR count). The van der Waals surface area contributed by atoms with E-state index >= 15 is 0 Å². The zero-order chi connectivity index (χ0) is 20.1. The van der Waals surface area contributed by atoms with Gasteiger partial charge < -0.3 is 4.98 Å². The molecule has 1 fully saturated rings. The molecule has 0 aliphatic heterocycles. The highest BCUT2D eigenvalue weighted by Gasteiger charge is 2.41. The summed E-state index contributed by atoms with van der Waals surface area (Å²) in [5.41, 5.74) is 2.83. The van der Waals surface area contributed by atoms with Crippen molar-refractivity contribution in [3.8, 4) is 17.3 Å². The smallest absolute Gasteiger partial charge is 0.313 e. The molecule has 3 heterocycles. The molecule has 0 radical (unpaired) electrons. The topological polar surface area (TPSA) is 120 Å². The van der Waals surface area contributed by atoms with Gasteiger partial charge in [0.25, 0.3) is 5.56 Å². The Morgan fingerprint density at radius 2 is 2.10 bits per heavy atom. The van der Waals surface area contributed by atoms with E-state index in [0.29, 0.717) is 16.3 Å². The minimum absolute atomic E-state index is 0.177. The van der Waals surface area contributed by atoms with Crippen LogP contribution in [0, 0.1) is 11.3 Å². The first kappa shape index (κ1) is 17.4. The number of hydrogen-bond acceptors (Lipinski definition) is 5. The van der Waals surface area contributed by atoms with Crippen molar-refractivity contribution >= 4 is 17.2 Å². The third-order valence-electron chi connectivity index (χ3n) is 5.21. The number of rotatable bonds is 3. The average molecular weight is 405 g/mol. The number of fused-ring (bicyclic) bond motifs is 1. The highest BCUT2D eigenvalue weighted by Crippen LogP contribution is 2.55. The number of aromatic amines is 2. The van der Waals surface area contributed by atoms with Gasteiger partial charge in [0, 0.05) is 24.2 Å². The van der Waals surface area contributed by atoms with Crippen LogP contribution in [0.25, 0.3) is 16.9 Å². The Bertz CT molecular complexity index is 1430. The van der Waals surface area contributed by atoms with Crippen LogP contribution < -0.4 is 11.2 Å². The standard InChI is InChI=1S/C20H13ClN6O2/c21-16-2-1-10(5-11(16)8-22)12-6-13(12)14-7-17(26-27-4-3-23-18(14)27)15-9-24-20(29)25-19(15)28/h1-5,7,9,12-13H,6H2,(H2,24,25,28,29)/t12-,13+/m1/s1. The van der Waals surface area contributed by atoms with Gasteiger partial charge in [-0.3, -0.25) is 9.78 Å². The van der Waals surface area contributed by atoms with Crippen molar-refractivity contribution in [2.24, 2.45) is 0 Å². The van der Waals surface area contributed by atoms with Crippen molar-refractivity contribution in [3.05, 3.63) is 85.4 Å². The molecule has 4 aromatic rings. The maximum atomic E-state index is 12.2. The van der Waals surface area contributed by atoms with Crippen LogP contribution in [-0.4, -0.2) is 24.6 Å². The molecule has 29 heavy (non-hydrogen) atoms. The van der Waals surface area contributed by atoms with E-state index < -0.39 is 11.2 Å². The molecular weight excluding hydrogens is 392 g/mol. The maximum Gasteiger partial charge on any atom is 0.325 e. The minimum Gasteiger partial charge on any atom is -0.313 e. The van der Waals surface area contributed by atoms with Crippen molar-refractivity contribution in [3.63, 3.8) is 0 Å². The summed E-state index contributed by atoms with van der Waals surface area (Å²) in [6, 6.07) is 9.46. The van der Waals surface area contributed by atoms with E-state index in [1.165, 1.54) is 6.20 Å². The molecule has 0 spiro atoms. The van der Waals surface area contributed by atoms with Crippen LogP contribution in [0.3, 0.4) is 0 Å². The van der Waals surface area contributed by atoms with Gasteiger partial charge in [-0.2, -0.15) is 10.4 Å². The second-order valence-electron chi connectivity index (χ2n) is 6.97. The van der Waals surface area contributed by atoms with E-state index in [9.17, 15) is 14.9 Å². The van der Waals surface area contributed by atoms with Gasteiger partial charge >= 0.3 is 5.69 Å². The molecular formula is C20H13ClN6O2. The number of hydrogen-bond donors (Lipinski definition) is 2. The summed E-state index contributed by atoms with van der Waals surface area (Å²) in [6.07, 6.45) is 5.62. The Balaban J connectivity index is 1.59. The summed E-state index contributed by atoms with van der Waals surface area (Å²) < 4.78 is 1.63. The fourth-order valence-corrected chi connectivity index (χ4v) is 3.87. The molecule has 2 N–H and O–H groups in total. The lowest BCUT2D eigenvalue weighted by Crippen LogP contribution is -2.23. The fraction of sp³-hybridized carbons (Fsp3) is 0.150. The third-order valence-corrected chi connectivity index (χ3v) is 5.54. The predicted molar refractivity (Wildman–Crippen MR) is 106 cm³/mol. The van der Waals surface area contributed by atoms with Crippen molar-refractivity contribution in [1.29, 1.82) is 5.26 Å². The largest absolute Gasteiger partial charge is 0.325 e. The molecule has 2 atom stereocenters. The molecule has 0 bridgehead atoms. The number of benzene rings is 1. The molecule has 3 aromatic heterocycles. The van der Waals surface area contributed by atoms with E-state index in [1.54, 1.807) is 23.0 Å². The van der Waals surface area contributed by atoms with Gasteiger partial charge in [0.15, 0.2) is 5.65 Å². The SMILES string of the molecule is N#Cc1cc([C@H]2C[C@@H]2c2cc(-c3c[nH]c(=O)[nH]c3=O)nn3ccnc23)ccc1Cl. The predicted octanol–water partition coefficient (Wildman–Crippen LogP) is 2.57. The zero-order valence-corrected chi connectivity index (χ0v) is 15.6. The summed E-state index contributed by atoms with van der Waals surface area (Å²) in [7, 11) is 0. The number of aromatic nitrogens is 5. The van der Waals surface area contributed by atoms with Crippen molar-refractivity contribution < 1.29 is 0 Å². The first-order valence-corrected chi connectivity index (χ1v) is 9.29. The minimum atomic E-state index is -0.569. The van der Waals surface area contributed by atoms with Crippen LogP contribution in [0.1, 0.15) is 34.9 Å². The first-order chi connectivity index (χ1) is 14.0. The van der Waals surface area contributed by atoms with Gasteiger partial charge in [-0.1, -0.05) is 17.7 Å². The zero-order valence-electron chi connectivity index (χ0n) is 14.9. The number of nitrogens with one attached hydrogen (secondary N) is 2. The van der Waals surface area contributed by atoms with E-state index in [2.05, 4.69) is 26.1 Å². The lowest BCUT2D eigenvalue weighted by molar-refractivity contribution is 0.906. The van der Waals surface area contributed by atoms with Crippen molar-refractivity contribution in [2.45, 2.75) is 18.3 Å². The molecule has 0 amide bonds. The van der Waals surface area contributed by atoms with E-state index in [1.807, 2.05) is 18.2 Å². The van der Waals surface area contributed by atoms with Gasteiger partial charge in [-0.15, -0.1) is 0 Å². The van der Waals surface area contributed by atoms with E-state index in [4.69, 9.17) is 11.6 Å². The summed E-state index contributed by atoms with van der Waals surface area (Å²) in [5.74, 6) is 0.403. The molecule has 0 unspecified atom stereocenters. The van der Waals surface area contributed by atoms with Crippen LogP contribution in [0.2, 0.25) is 5.02 Å². The molecule has 1 saturated carbocycles. The molecule has 0 saturated heterocycles. The Kier molecular flexibility index (Phi) is 3.86. The molecule has 8 nitrogen and oxygen atoms in total. The Morgan fingerprint density at radius 1 is 1.24 bits per heavy atom. The molecule has 1 aromatic carbocycles. The van der Waals surface area contributed by atoms with Crippen LogP contribution in [0.5, 0.6) is 0 Å². The Morgan fingerprint density at radius 3 is 2.90 bits per heavy atom. The second-order valence-corrected chi connectivity index (χ2v) is 7.37. The quantitative estimate of drug-likeness (QED) is 0.543. The first-order valence-electron chi connectivity index (χ1n) is 8.91. The normalized spacial score (nSPS) is 17.9. The van der Waals surface area contributed by atoms with Crippen molar-refractivity contribution in [1.82, 2.24) is 24.6 Å². The van der Waals surface area contributed by atoms with Gasteiger partial charge in [-0.05, 0) is 42.0 Å². The fourth-order valence-electron chi connectivity index (χ4n) is 3.71. The molecule has 9 heteroatoms. The number of halogens is 1. The molecule has 142 valence electrons. The van der Waals surface area contributed by atoms with Crippen LogP contribution in [-0.2, 0) is 0 Å². The average Bonchev–Trinajstić information content (AvgIpc) is 3.36. The second kappa shape index (κ2) is 6.43. The van der Waals surface area contributed by atoms with Gasteiger partial charge in [-0.25, -0.2) is 14.3 Å². The van der Waals surface area contributed by atoms with Crippen LogP contribution in [0.15, 0.2) is 52.4 Å². The third kappa shape index (κ3) is 2.92. The Labute approximate surface area is 168 Å². The lowest BCUT2D eigenvalue weighted by atomic mass is 10.0. The van der Waals surface area contributed by atoms with Crippen LogP contribution >= 0.6 is 11.6 Å². The number of nitrogens with zero attached hydrogens (tertiary/aromatic N) is 4. The van der Waals surface area contributed by atoms with Gasteiger partial charge in [0.1, 0.15) is 6.07 Å². The van der Waals surface area contributed by atoms with Crippen LogP contribution in [0.4, 0.5) is 0 Å². The Hall–Kier alpha value is -3.70. The summed E-state index contributed by atoms with van der Waals surface area (Å²) in [6.45, 7) is 0. The number of imidazole rings is 1. The summed E-state index contributed by atoms with van der Waals surface area (Å²) in [5, 5.41) is 14.1. The molecule has 1 aliphatic carbocycles. The van der Waals surface area contributed by atoms with Gasteiger partial charge in [0.2, 0.25) is 0 Å². The highest BCUT2D eigenvalue weighted by molar-refractivity contribution is 6.31.